The third kappa shape index (κ3) is 4.21. The van der Waals surface area contributed by atoms with E-state index in [0.29, 0.717) is 17.1 Å². The number of carboxylic acids is 1. The minimum absolute atomic E-state index is 0.309. The van der Waals surface area contributed by atoms with Crippen LogP contribution in [0.3, 0.4) is 0 Å². The van der Waals surface area contributed by atoms with Crippen LogP contribution in [-0.2, 0) is 4.79 Å². The van der Waals surface area contributed by atoms with Gasteiger partial charge in [-0.15, -0.1) is 0 Å². The van der Waals surface area contributed by atoms with Gasteiger partial charge in [0.2, 0.25) is 0 Å². The summed E-state index contributed by atoms with van der Waals surface area (Å²) in [5.74, 6) is -1.45. The number of carbonyl (C=O) groups is 1. The van der Waals surface area contributed by atoms with Crippen molar-refractivity contribution in [3.63, 3.8) is 0 Å². The summed E-state index contributed by atoms with van der Waals surface area (Å²) in [6.07, 6.45) is 1.63. The molecule has 0 aliphatic rings. The molecular formula is C23H24ClNO3. The van der Waals surface area contributed by atoms with Crippen LogP contribution in [-0.4, -0.2) is 11.1 Å². The van der Waals surface area contributed by atoms with E-state index in [2.05, 4.69) is 6.07 Å². The number of ether oxygens (including phenoxy) is 1. The van der Waals surface area contributed by atoms with Crippen molar-refractivity contribution in [3.8, 4) is 17.6 Å². The Kier molecular flexibility index (Phi) is 7.25. The second-order valence-electron chi connectivity index (χ2n) is 7.05. The first-order valence-corrected chi connectivity index (χ1v) is 9.54. The molecule has 5 heteroatoms. The van der Waals surface area contributed by atoms with Crippen LogP contribution in [0.15, 0.2) is 66.2 Å². The number of carboxylic acid groups (broad SMARTS) is 1. The van der Waals surface area contributed by atoms with Gasteiger partial charge in [0.25, 0.3) is 0 Å². The van der Waals surface area contributed by atoms with Gasteiger partial charge in [0.05, 0.1) is 17.4 Å². The summed E-state index contributed by atoms with van der Waals surface area (Å²) in [5, 5.41) is 20.2. The number of benzene rings is 2. The second-order valence-corrected chi connectivity index (χ2v) is 7.30. The lowest BCUT2D eigenvalue weighted by Gasteiger charge is -2.41. The highest BCUT2D eigenvalue weighted by Gasteiger charge is 2.52. The van der Waals surface area contributed by atoms with Gasteiger partial charge in [0, 0.05) is 5.54 Å². The lowest BCUT2D eigenvalue weighted by Crippen LogP contribution is -2.46. The van der Waals surface area contributed by atoms with Crippen molar-refractivity contribution in [1.29, 1.82) is 5.26 Å². The zero-order valence-electron chi connectivity index (χ0n) is 16.2. The van der Waals surface area contributed by atoms with Crippen molar-refractivity contribution in [2.24, 2.45) is 17.3 Å². The van der Waals surface area contributed by atoms with Crippen LogP contribution < -0.4 is 4.74 Å². The van der Waals surface area contributed by atoms with Crippen LogP contribution in [0, 0.1) is 28.6 Å². The second kappa shape index (κ2) is 9.43. The maximum Gasteiger partial charge on any atom is 0.312 e. The molecule has 0 saturated heterocycles. The molecule has 0 bridgehead atoms. The summed E-state index contributed by atoms with van der Waals surface area (Å²) in [7, 11) is 0. The summed E-state index contributed by atoms with van der Waals surface area (Å²) in [4.78, 5) is 12.5. The maximum absolute atomic E-state index is 12.5. The van der Waals surface area contributed by atoms with E-state index in [1.807, 2.05) is 44.2 Å². The standard InChI is InChI=1S/C23H24ClNO3/c1-16(2)23(22(26)27,17(3)12-13-24)21(15-25)18-8-7-11-20(14-18)28-19-9-5-4-6-10-19/h4-14,16-17,21H,1-3H3,(H,26,27). The largest absolute Gasteiger partial charge is 0.481 e. The Balaban J connectivity index is 2.53. The molecule has 28 heavy (non-hydrogen) atoms. The molecule has 146 valence electrons. The fourth-order valence-electron chi connectivity index (χ4n) is 3.79. The summed E-state index contributed by atoms with van der Waals surface area (Å²) in [6.45, 7) is 5.42. The average molecular weight is 398 g/mol. The number of halogens is 1. The van der Waals surface area contributed by atoms with Gasteiger partial charge in [-0.2, -0.15) is 5.26 Å². The molecule has 3 unspecified atom stereocenters. The van der Waals surface area contributed by atoms with E-state index in [1.54, 1.807) is 37.3 Å². The van der Waals surface area contributed by atoms with Crippen molar-refractivity contribution < 1.29 is 14.6 Å². The van der Waals surface area contributed by atoms with Gasteiger partial charge in [0.1, 0.15) is 11.5 Å². The smallest absolute Gasteiger partial charge is 0.312 e. The number of rotatable bonds is 8. The van der Waals surface area contributed by atoms with Gasteiger partial charge in [0.15, 0.2) is 0 Å². The van der Waals surface area contributed by atoms with Crippen molar-refractivity contribution in [3.05, 3.63) is 71.8 Å². The van der Waals surface area contributed by atoms with Crippen LogP contribution in [0.5, 0.6) is 11.5 Å². The third-order valence-corrected chi connectivity index (χ3v) is 5.36. The normalized spacial score (nSPS) is 15.6. The average Bonchev–Trinajstić information content (AvgIpc) is 2.66. The van der Waals surface area contributed by atoms with E-state index in [0.717, 1.165) is 0 Å². The minimum Gasteiger partial charge on any atom is -0.481 e. The van der Waals surface area contributed by atoms with E-state index >= 15 is 0 Å². The van der Waals surface area contributed by atoms with Crippen molar-refractivity contribution in [2.75, 3.05) is 0 Å². The van der Waals surface area contributed by atoms with Crippen LogP contribution in [0.2, 0.25) is 0 Å². The Morgan fingerprint density at radius 1 is 1.14 bits per heavy atom. The third-order valence-electron chi connectivity index (χ3n) is 5.22. The Hall–Kier alpha value is -2.77. The van der Waals surface area contributed by atoms with Crippen LogP contribution in [0.1, 0.15) is 32.3 Å². The first kappa shape index (κ1) is 21.5. The number of allylic oxidation sites excluding steroid dienone is 1. The Bertz CT molecular complexity index is 873. The van der Waals surface area contributed by atoms with Gasteiger partial charge in [-0.3, -0.25) is 4.79 Å². The molecule has 3 atom stereocenters. The maximum atomic E-state index is 12.5. The molecule has 0 aliphatic carbocycles. The summed E-state index contributed by atoms with van der Waals surface area (Å²) < 4.78 is 5.86. The van der Waals surface area contributed by atoms with Gasteiger partial charge >= 0.3 is 5.97 Å². The van der Waals surface area contributed by atoms with Crippen LogP contribution >= 0.6 is 11.6 Å². The molecule has 0 fully saturated rings. The molecule has 0 amide bonds. The highest BCUT2D eigenvalue weighted by Crippen LogP contribution is 2.49. The molecule has 0 radical (unpaired) electrons. The molecule has 0 aliphatic heterocycles. The van der Waals surface area contributed by atoms with Gasteiger partial charge < -0.3 is 9.84 Å². The number of nitriles is 1. The highest BCUT2D eigenvalue weighted by molar-refractivity contribution is 6.25. The lowest BCUT2D eigenvalue weighted by molar-refractivity contribution is -0.155. The van der Waals surface area contributed by atoms with E-state index in [-0.39, 0.29) is 5.92 Å². The van der Waals surface area contributed by atoms with Crippen molar-refractivity contribution >= 4 is 17.6 Å². The molecule has 4 nitrogen and oxygen atoms in total. The molecular weight excluding hydrogens is 374 g/mol. The number of aliphatic carboxylic acids is 1. The summed E-state index contributed by atoms with van der Waals surface area (Å²) in [5.41, 5.74) is 0.571. The molecule has 2 rings (SSSR count). The molecule has 2 aromatic rings. The Morgan fingerprint density at radius 3 is 2.32 bits per heavy atom. The number of hydrogen-bond donors (Lipinski definition) is 1. The fraction of sp³-hybridized carbons (Fsp3) is 0.304. The van der Waals surface area contributed by atoms with Crippen LogP contribution in [0.4, 0.5) is 0 Å². The Morgan fingerprint density at radius 2 is 1.79 bits per heavy atom. The predicted octanol–water partition coefficient (Wildman–Crippen LogP) is 6.20. The zero-order valence-corrected chi connectivity index (χ0v) is 16.9. The Labute approximate surface area is 171 Å². The molecule has 0 saturated carbocycles. The first-order valence-electron chi connectivity index (χ1n) is 9.10. The molecule has 1 N–H and O–H groups in total. The lowest BCUT2D eigenvalue weighted by atomic mass is 9.59. The van der Waals surface area contributed by atoms with Crippen molar-refractivity contribution in [1.82, 2.24) is 0 Å². The first-order chi connectivity index (χ1) is 13.4. The van der Waals surface area contributed by atoms with Gasteiger partial charge in [-0.1, -0.05) is 68.8 Å². The molecule has 0 spiro atoms. The highest BCUT2D eigenvalue weighted by atomic mass is 35.5. The van der Waals surface area contributed by atoms with E-state index in [1.165, 1.54) is 5.54 Å². The summed E-state index contributed by atoms with van der Waals surface area (Å²) >= 11 is 5.74. The van der Waals surface area contributed by atoms with E-state index in [4.69, 9.17) is 16.3 Å². The number of nitrogens with zero attached hydrogens (tertiary/aromatic N) is 1. The van der Waals surface area contributed by atoms with E-state index < -0.39 is 23.2 Å². The van der Waals surface area contributed by atoms with Crippen LogP contribution in [0.25, 0.3) is 0 Å². The molecule has 2 aromatic carbocycles. The predicted molar refractivity (Wildman–Crippen MR) is 110 cm³/mol. The van der Waals surface area contributed by atoms with Gasteiger partial charge in [-0.05, 0) is 41.7 Å². The SMILES string of the molecule is CC(C)C(C(=O)O)(C(C)C=CCl)C(C#N)c1cccc(Oc2ccccc2)c1. The van der Waals surface area contributed by atoms with Gasteiger partial charge in [-0.25, -0.2) is 0 Å². The fourth-order valence-corrected chi connectivity index (χ4v) is 4.01. The van der Waals surface area contributed by atoms with E-state index in [9.17, 15) is 15.2 Å². The summed E-state index contributed by atoms with van der Waals surface area (Å²) in [6, 6.07) is 18.6. The molecule has 0 heterocycles. The number of hydrogen-bond acceptors (Lipinski definition) is 3. The quantitative estimate of drug-likeness (QED) is 0.575. The molecule has 0 aromatic heterocycles. The topological polar surface area (TPSA) is 70.3 Å². The zero-order chi connectivity index (χ0) is 20.7. The van der Waals surface area contributed by atoms with Crippen molar-refractivity contribution in [2.45, 2.75) is 26.7 Å². The minimum atomic E-state index is -1.34. The monoisotopic (exact) mass is 397 g/mol. The number of para-hydroxylation sites is 1.